The zero-order valence-electron chi connectivity index (χ0n) is 16.0. The molecule has 146 valence electrons. The Hall–Kier alpha value is -2.86. The van der Waals surface area contributed by atoms with Gasteiger partial charge in [0, 0.05) is 25.7 Å². The zero-order valence-corrected chi connectivity index (χ0v) is 16.0. The molecule has 0 saturated carbocycles. The normalized spacial score (nSPS) is 21.9. The molecule has 1 fully saturated rings. The molecule has 2 amide bonds. The van der Waals surface area contributed by atoms with Crippen LogP contribution in [0.4, 0.5) is 5.69 Å². The number of carbonyl (C=O) groups excluding carboxylic acids is 2. The summed E-state index contributed by atoms with van der Waals surface area (Å²) in [7, 11) is 0. The Kier molecular flexibility index (Phi) is 5.30. The third-order valence-electron chi connectivity index (χ3n) is 5.26. The highest BCUT2D eigenvalue weighted by atomic mass is 16.5. The minimum absolute atomic E-state index is 0.0126. The predicted molar refractivity (Wildman–Crippen MR) is 107 cm³/mol. The molecule has 1 N–H and O–H groups in total. The number of para-hydroxylation sites is 2. The fourth-order valence-corrected chi connectivity index (χ4v) is 3.87. The molecule has 0 bridgehead atoms. The monoisotopic (exact) mass is 379 g/mol. The van der Waals surface area contributed by atoms with Gasteiger partial charge in [0.05, 0.1) is 5.69 Å². The zero-order chi connectivity index (χ0) is 19.5. The van der Waals surface area contributed by atoms with Crippen molar-refractivity contribution in [2.45, 2.75) is 32.0 Å². The number of ether oxygens (including phenoxy) is 1. The van der Waals surface area contributed by atoms with Crippen molar-refractivity contribution in [3.8, 4) is 5.75 Å². The first-order valence-electron chi connectivity index (χ1n) is 9.73. The van der Waals surface area contributed by atoms with E-state index >= 15 is 0 Å². The fraction of sp³-hybridized carbons (Fsp3) is 0.364. The van der Waals surface area contributed by atoms with Gasteiger partial charge in [0.2, 0.25) is 5.91 Å². The SMILES string of the molecule is CC1Oc2ccccc2N(CC(=O)NC2CCN(Cc3ccccc3)C2)C1=O. The molecule has 0 aromatic heterocycles. The van der Waals surface area contributed by atoms with Gasteiger partial charge in [0.15, 0.2) is 6.10 Å². The van der Waals surface area contributed by atoms with Gasteiger partial charge in [-0.1, -0.05) is 42.5 Å². The van der Waals surface area contributed by atoms with Gasteiger partial charge in [-0.25, -0.2) is 0 Å². The number of fused-ring (bicyclic) bond motifs is 1. The lowest BCUT2D eigenvalue weighted by molar-refractivity contribution is -0.128. The van der Waals surface area contributed by atoms with Crippen molar-refractivity contribution >= 4 is 17.5 Å². The highest BCUT2D eigenvalue weighted by Gasteiger charge is 2.33. The molecule has 1 saturated heterocycles. The van der Waals surface area contributed by atoms with Gasteiger partial charge in [0.25, 0.3) is 5.91 Å². The fourth-order valence-electron chi connectivity index (χ4n) is 3.87. The molecule has 0 spiro atoms. The van der Waals surface area contributed by atoms with E-state index in [0.29, 0.717) is 11.4 Å². The van der Waals surface area contributed by atoms with Gasteiger partial charge in [-0.05, 0) is 31.0 Å². The summed E-state index contributed by atoms with van der Waals surface area (Å²) in [5.74, 6) is 0.312. The molecule has 2 aromatic carbocycles. The summed E-state index contributed by atoms with van der Waals surface area (Å²) < 4.78 is 5.63. The molecule has 0 radical (unpaired) electrons. The number of anilines is 1. The first kappa shape index (κ1) is 18.5. The Labute approximate surface area is 165 Å². The largest absolute Gasteiger partial charge is 0.479 e. The molecule has 4 rings (SSSR count). The molecule has 2 aromatic rings. The Morgan fingerprint density at radius 1 is 1.14 bits per heavy atom. The van der Waals surface area contributed by atoms with Crippen molar-refractivity contribution in [2.75, 3.05) is 24.5 Å². The molecular weight excluding hydrogens is 354 g/mol. The van der Waals surface area contributed by atoms with E-state index in [1.54, 1.807) is 6.92 Å². The lowest BCUT2D eigenvalue weighted by Crippen LogP contribution is -2.50. The summed E-state index contributed by atoms with van der Waals surface area (Å²) in [4.78, 5) is 29.0. The summed E-state index contributed by atoms with van der Waals surface area (Å²) in [5, 5.41) is 3.09. The van der Waals surface area contributed by atoms with E-state index in [0.717, 1.165) is 26.1 Å². The number of nitrogens with one attached hydrogen (secondary N) is 1. The van der Waals surface area contributed by atoms with Gasteiger partial charge >= 0.3 is 0 Å². The number of benzene rings is 2. The van der Waals surface area contributed by atoms with E-state index in [9.17, 15) is 9.59 Å². The van der Waals surface area contributed by atoms with Crippen LogP contribution in [0.2, 0.25) is 0 Å². The van der Waals surface area contributed by atoms with Crippen molar-refractivity contribution in [3.05, 3.63) is 60.2 Å². The topological polar surface area (TPSA) is 61.9 Å². The van der Waals surface area contributed by atoms with Crippen LogP contribution in [0, 0.1) is 0 Å². The number of carbonyl (C=O) groups is 2. The summed E-state index contributed by atoms with van der Waals surface area (Å²) in [5.41, 5.74) is 1.93. The van der Waals surface area contributed by atoms with Crippen LogP contribution in [0.1, 0.15) is 18.9 Å². The standard InChI is InChI=1S/C22H25N3O3/c1-16-22(27)25(19-9-5-6-10-20(19)28-16)15-21(26)23-18-11-12-24(14-18)13-17-7-3-2-4-8-17/h2-10,16,18H,11-15H2,1H3,(H,23,26). The van der Waals surface area contributed by atoms with Gasteiger partial charge in [-0.3, -0.25) is 19.4 Å². The number of rotatable bonds is 5. The highest BCUT2D eigenvalue weighted by molar-refractivity contribution is 6.03. The third kappa shape index (κ3) is 4.02. The van der Waals surface area contributed by atoms with Crippen molar-refractivity contribution in [1.82, 2.24) is 10.2 Å². The maximum Gasteiger partial charge on any atom is 0.268 e. The van der Waals surface area contributed by atoms with Crippen LogP contribution in [0.5, 0.6) is 5.75 Å². The Bertz CT molecular complexity index is 855. The van der Waals surface area contributed by atoms with Crippen LogP contribution < -0.4 is 15.0 Å². The molecule has 2 unspecified atom stereocenters. The van der Waals surface area contributed by atoms with Gasteiger partial charge in [0.1, 0.15) is 12.3 Å². The maximum atomic E-state index is 12.6. The molecule has 0 aliphatic carbocycles. The van der Waals surface area contributed by atoms with Crippen molar-refractivity contribution in [3.63, 3.8) is 0 Å². The van der Waals surface area contributed by atoms with E-state index in [2.05, 4.69) is 22.3 Å². The van der Waals surface area contributed by atoms with Gasteiger partial charge in [-0.2, -0.15) is 0 Å². The van der Waals surface area contributed by atoms with Crippen molar-refractivity contribution in [1.29, 1.82) is 0 Å². The lowest BCUT2D eigenvalue weighted by Gasteiger charge is -2.32. The smallest absolute Gasteiger partial charge is 0.268 e. The minimum atomic E-state index is -0.587. The van der Waals surface area contributed by atoms with E-state index < -0.39 is 6.10 Å². The average Bonchev–Trinajstić information content (AvgIpc) is 3.13. The first-order valence-corrected chi connectivity index (χ1v) is 9.73. The third-order valence-corrected chi connectivity index (χ3v) is 5.26. The average molecular weight is 379 g/mol. The summed E-state index contributed by atoms with van der Waals surface area (Å²) in [6.07, 6.45) is 0.332. The Morgan fingerprint density at radius 2 is 1.89 bits per heavy atom. The molecular formula is C22H25N3O3. The second-order valence-corrected chi connectivity index (χ2v) is 7.43. The van der Waals surface area contributed by atoms with Crippen LogP contribution in [-0.2, 0) is 16.1 Å². The number of amides is 2. The van der Waals surface area contributed by atoms with Crippen LogP contribution in [0.25, 0.3) is 0 Å². The minimum Gasteiger partial charge on any atom is -0.479 e. The summed E-state index contributed by atoms with van der Waals surface area (Å²) >= 11 is 0. The predicted octanol–water partition coefficient (Wildman–Crippen LogP) is 2.19. The van der Waals surface area contributed by atoms with Crippen LogP contribution in [0.15, 0.2) is 54.6 Å². The highest BCUT2D eigenvalue weighted by Crippen LogP contribution is 2.33. The van der Waals surface area contributed by atoms with E-state index in [-0.39, 0.29) is 24.4 Å². The second kappa shape index (κ2) is 8.02. The Morgan fingerprint density at radius 3 is 2.71 bits per heavy atom. The maximum absolute atomic E-state index is 12.6. The van der Waals surface area contributed by atoms with Crippen LogP contribution in [0.3, 0.4) is 0 Å². The van der Waals surface area contributed by atoms with Crippen molar-refractivity contribution in [2.24, 2.45) is 0 Å². The first-order chi connectivity index (χ1) is 13.6. The molecule has 2 aliphatic rings. The molecule has 2 atom stereocenters. The number of nitrogens with zero attached hydrogens (tertiary/aromatic N) is 2. The molecule has 6 nitrogen and oxygen atoms in total. The van der Waals surface area contributed by atoms with Crippen LogP contribution >= 0.6 is 0 Å². The number of hydrogen-bond acceptors (Lipinski definition) is 4. The molecule has 28 heavy (non-hydrogen) atoms. The van der Waals surface area contributed by atoms with E-state index in [1.165, 1.54) is 10.5 Å². The molecule has 2 heterocycles. The Balaban J connectivity index is 1.34. The van der Waals surface area contributed by atoms with Gasteiger partial charge in [-0.15, -0.1) is 0 Å². The van der Waals surface area contributed by atoms with Crippen LogP contribution in [-0.4, -0.2) is 48.5 Å². The van der Waals surface area contributed by atoms with E-state index in [4.69, 9.17) is 4.74 Å². The number of likely N-dealkylation sites (tertiary alicyclic amines) is 1. The second-order valence-electron chi connectivity index (χ2n) is 7.43. The number of hydrogen-bond donors (Lipinski definition) is 1. The summed E-state index contributed by atoms with van der Waals surface area (Å²) in [6, 6.07) is 17.8. The van der Waals surface area contributed by atoms with Gasteiger partial charge < -0.3 is 10.1 Å². The lowest BCUT2D eigenvalue weighted by atomic mass is 10.2. The molecule has 2 aliphatic heterocycles. The quantitative estimate of drug-likeness (QED) is 0.865. The summed E-state index contributed by atoms with van der Waals surface area (Å²) in [6.45, 7) is 4.39. The van der Waals surface area contributed by atoms with E-state index in [1.807, 2.05) is 42.5 Å². The molecule has 6 heteroatoms. The van der Waals surface area contributed by atoms with Crippen molar-refractivity contribution < 1.29 is 14.3 Å².